The number of ether oxygens (including phenoxy) is 1. The van der Waals surface area contributed by atoms with Crippen LogP contribution >= 0.6 is 0 Å². The molecule has 3 rings (SSSR count). The van der Waals surface area contributed by atoms with Crippen LogP contribution in [-0.2, 0) is 10.0 Å². The van der Waals surface area contributed by atoms with Crippen LogP contribution < -0.4 is 10.1 Å². The van der Waals surface area contributed by atoms with E-state index in [-0.39, 0.29) is 6.04 Å². The second-order valence-electron chi connectivity index (χ2n) is 5.58. The minimum atomic E-state index is -3.44. The van der Waals surface area contributed by atoms with E-state index in [1.54, 1.807) is 35.7 Å². The summed E-state index contributed by atoms with van der Waals surface area (Å²) in [4.78, 5) is 0.316. The lowest BCUT2D eigenvalue weighted by Gasteiger charge is -2.24. The second kappa shape index (κ2) is 5.02. The summed E-state index contributed by atoms with van der Waals surface area (Å²) in [5.41, 5.74) is 0. The Labute approximate surface area is 120 Å². The predicted octanol–water partition coefficient (Wildman–Crippen LogP) is 0.924. The van der Waals surface area contributed by atoms with Gasteiger partial charge in [-0.3, -0.25) is 0 Å². The summed E-state index contributed by atoms with van der Waals surface area (Å²) >= 11 is 0. The molecule has 1 N–H and O–H groups in total. The molecule has 3 atom stereocenters. The van der Waals surface area contributed by atoms with E-state index in [1.807, 2.05) is 6.92 Å². The Morgan fingerprint density at radius 2 is 2.15 bits per heavy atom. The molecule has 2 aliphatic heterocycles. The van der Waals surface area contributed by atoms with Crippen LogP contribution in [-0.4, -0.2) is 45.5 Å². The number of methoxy groups -OCH3 is 1. The first-order chi connectivity index (χ1) is 9.54. The molecule has 3 unspecified atom stereocenters. The smallest absolute Gasteiger partial charge is 0.243 e. The molecule has 1 aromatic rings. The zero-order chi connectivity index (χ0) is 14.3. The van der Waals surface area contributed by atoms with Crippen molar-refractivity contribution in [3.63, 3.8) is 0 Å². The zero-order valence-electron chi connectivity index (χ0n) is 11.7. The maximum atomic E-state index is 12.8. The van der Waals surface area contributed by atoms with Gasteiger partial charge >= 0.3 is 0 Å². The molecule has 0 spiro atoms. The third-order valence-corrected chi connectivity index (χ3v) is 6.48. The molecule has 1 aromatic carbocycles. The van der Waals surface area contributed by atoms with E-state index >= 15 is 0 Å². The summed E-state index contributed by atoms with van der Waals surface area (Å²) in [6.07, 6.45) is 0. The Balaban J connectivity index is 1.92. The summed E-state index contributed by atoms with van der Waals surface area (Å²) in [6, 6.07) is 6.75. The highest BCUT2D eigenvalue weighted by atomic mass is 32.2. The lowest BCUT2D eigenvalue weighted by Crippen LogP contribution is -2.38. The molecule has 6 heteroatoms. The molecule has 2 aliphatic rings. The molecular formula is C14H20N2O3S. The molecule has 0 aromatic heterocycles. The lowest BCUT2D eigenvalue weighted by molar-refractivity contribution is 0.360. The molecule has 0 saturated carbocycles. The summed E-state index contributed by atoms with van der Waals surface area (Å²) in [5.74, 6) is 1.43. The fourth-order valence-electron chi connectivity index (χ4n) is 3.34. The number of sulfonamides is 1. The summed E-state index contributed by atoms with van der Waals surface area (Å²) in [7, 11) is -1.90. The number of benzene rings is 1. The second-order valence-corrected chi connectivity index (χ2v) is 7.47. The normalized spacial score (nSPS) is 30.4. The quantitative estimate of drug-likeness (QED) is 0.901. The monoisotopic (exact) mass is 296 g/mol. The highest BCUT2D eigenvalue weighted by molar-refractivity contribution is 7.89. The summed E-state index contributed by atoms with van der Waals surface area (Å²) in [6.45, 7) is 4.45. The molecule has 2 heterocycles. The highest BCUT2D eigenvalue weighted by Gasteiger charge is 2.46. The number of hydrogen-bond donors (Lipinski definition) is 1. The fourth-order valence-corrected chi connectivity index (χ4v) is 5.11. The predicted molar refractivity (Wildman–Crippen MR) is 76.2 cm³/mol. The average molecular weight is 296 g/mol. The first-order valence-corrected chi connectivity index (χ1v) is 8.34. The topological polar surface area (TPSA) is 58.6 Å². The van der Waals surface area contributed by atoms with Crippen molar-refractivity contribution in [1.29, 1.82) is 0 Å². The van der Waals surface area contributed by atoms with Gasteiger partial charge in [-0.25, -0.2) is 8.42 Å². The maximum Gasteiger partial charge on any atom is 0.243 e. The van der Waals surface area contributed by atoms with Crippen LogP contribution in [0.2, 0.25) is 0 Å². The standard InChI is InChI=1S/C14H20N2O3S/c1-10-14-8-15-7-11(14)9-16(10)20(17,18)13-5-3-4-12(6-13)19-2/h3-6,10-11,14-15H,7-9H2,1-2H3. The van der Waals surface area contributed by atoms with Gasteiger partial charge in [0.1, 0.15) is 5.75 Å². The molecule has 20 heavy (non-hydrogen) atoms. The summed E-state index contributed by atoms with van der Waals surface area (Å²) in [5, 5.41) is 3.34. The Kier molecular flexibility index (Phi) is 3.48. The van der Waals surface area contributed by atoms with Crippen LogP contribution in [0.3, 0.4) is 0 Å². The van der Waals surface area contributed by atoms with Gasteiger partial charge < -0.3 is 10.1 Å². The van der Waals surface area contributed by atoms with Crippen LogP contribution in [0.5, 0.6) is 5.75 Å². The van der Waals surface area contributed by atoms with Crippen LogP contribution in [0.25, 0.3) is 0 Å². The Morgan fingerprint density at radius 3 is 2.85 bits per heavy atom. The minimum Gasteiger partial charge on any atom is -0.497 e. The van der Waals surface area contributed by atoms with Crippen molar-refractivity contribution in [2.75, 3.05) is 26.7 Å². The Hall–Kier alpha value is -1.11. The van der Waals surface area contributed by atoms with Gasteiger partial charge in [0, 0.05) is 18.7 Å². The largest absolute Gasteiger partial charge is 0.497 e. The van der Waals surface area contributed by atoms with Gasteiger partial charge in [0.05, 0.1) is 12.0 Å². The minimum absolute atomic E-state index is 0.0474. The SMILES string of the molecule is COc1cccc(S(=O)(=O)N2CC3CNCC3C2C)c1. The van der Waals surface area contributed by atoms with Crippen LogP contribution in [0.4, 0.5) is 0 Å². The van der Waals surface area contributed by atoms with Gasteiger partial charge in [-0.1, -0.05) is 6.07 Å². The fraction of sp³-hybridized carbons (Fsp3) is 0.571. The average Bonchev–Trinajstić information content (AvgIpc) is 3.02. The van der Waals surface area contributed by atoms with Gasteiger partial charge in [0.15, 0.2) is 0 Å². The van der Waals surface area contributed by atoms with Gasteiger partial charge in [-0.05, 0) is 44.0 Å². The number of hydrogen-bond acceptors (Lipinski definition) is 4. The zero-order valence-corrected chi connectivity index (χ0v) is 12.6. The molecule has 5 nitrogen and oxygen atoms in total. The molecule has 0 bridgehead atoms. The lowest BCUT2D eigenvalue weighted by atomic mass is 9.95. The van der Waals surface area contributed by atoms with Crippen molar-refractivity contribution in [3.05, 3.63) is 24.3 Å². The van der Waals surface area contributed by atoms with Gasteiger partial charge in [-0.15, -0.1) is 0 Å². The van der Waals surface area contributed by atoms with Crippen molar-refractivity contribution in [2.24, 2.45) is 11.8 Å². The van der Waals surface area contributed by atoms with Crippen molar-refractivity contribution >= 4 is 10.0 Å². The Morgan fingerprint density at radius 1 is 1.35 bits per heavy atom. The maximum absolute atomic E-state index is 12.8. The molecule has 2 saturated heterocycles. The van der Waals surface area contributed by atoms with Crippen molar-refractivity contribution in [3.8, 4) is 5.75 Å². The van der Waals surface area contributed by atoms with E-state index in [0.29, 0.717) is 29.0 Å². The molecular weight excluding hydrogens is 276 g/mol. The molecule has 0 radical (unpaired) electrons. The highest BCUT2D eigenvalue weighted by Crippen LogP contribution is 2.36. The first-order valence-electron chi connectivity index (χ1n) is 6.90. The first kappa shape index (κ1) is 13.9. The molecule has 0 aliphatic carbocycles. The number of nitrogens with one attached hydrogen (secondary N) is 1. The third-order valence-electron chi connectivity index (χ3n) is 4.53. The van der Waals surface area contributed by atoms with E-state index in [1.165, 1.54) is 0 Å². The van der Waals surface area contributed by atoms with Crippen LogP contribution in [0, 0.1) is 11.8 Å². The third kappa shape index (κ3) is 2.12. The van der Waals surface area contributed by atoms with Crippen molar-refractivity contribution in [2.45, 2.75) is 17.9 Å². The van der Waals surface area contributed by atoms with Gasteiger partial charge in [-0.2, -0.15) is 4.31 Å². The van der Waals surface area contributed by atoms with Crippen molar-refractivity contribution < 1.29 is 13.2 Å². The summed E-state index contributed by atoms with van der Waals surface area (Å²) < 4.78 is 32.4. The molecule has 2 fully saturated rings. The van der Waals surface area contributed by atoms with Crippen molar-refractivity contribution in [1.82, 2.24) is 9.62 Å². The molecule has 110 valence electrons. The van der Waals surface area contributed by atoms with Gasteiger partial charge in [0.2, 0.25) is 10.0 Å². The molecule has 0 amide bonds. The van der Waals surface area contributed by atoms with E-state index in [9.17, 15) is 8.42 Å². The Bertz CT molecular complexity index is 602. The van der Waals surface area contributed by atoms with E-state index < -0.39 is 10.0 Å². The number of nitrogens with zero attached hydrogens (tertiary/aromatic N) is 1. The van der Waals surface area contributed by atoms with E-state index in [2.05, 4.69) is 5.32 Å². The number of rotatable bonds is 3. The van der Waals surface area contributed by atoms with E-state index in [4.69, 9.17) is 4.74 Å². The van der Waals surface area contributed by atoms with Crippen LogP contribution in [0.1, 0.15) is 6.92 Å². The van der Waals surface area contributed by atoms with Gasteiger partial charge in [0.25, 0.3) is 0 Å². The van der Waals surface area contributed by atoms with E-state index in [0.717, 1.165) is 13.1 Å². The van der Waals surface area contributed by atoms with Crippen LogP contribution in [0.15, 0.2) is 29.2 Å². The number of fused-ring (bicyclic) bond motifs is 1.